The molecule has 1 saturated heterocycles. The summed E-state index contributed by atoms with van der Waals surface area (Å²) in [5.74, 6) is 2.77. The van der Waals surface area contributed by atoms with Gasteiger partial charge in [0.1, 0.15) is 5.75 Å². The summed E-state index contributed by atoms with van der Waals surface area (Å²) in [5.41, 5.74) is 1.66. The van der Waals surface area contributed by atoms with Crippen LogP contribution in [0.1, 0.15) is 22.0 Å². The van der Waals surface area contributed by atoms with Gasteiger partial charge in [-0.15, -0.1) is 0 Å². The minimum Gasteiger partial charge on any atom is -0.497 e. The van der Waals surface area contributed by atoms with E-state index >= 15 is 0 Å². The molecule has 5 nitrogen and oxygen atoms in total. The van der Waals surface area contributed by atoms with E-state index in [4.69, 9.17) is 9.15 Å². The van der Waals surface area contributed by atoms with Crippen molar-refractivity contribution in [2.75, 3.05) is 38.2 Å². The molecule has 134 valence electrons. The summed E-state index contributed by atoms with van der Waals surface area (Å²) in [4.78, 5) is 15.1. The minimum absolute atomic E-state index is 0.119. The summed E-state index contributed by atoms with van der Waals surface area (Å²) in [7, 11) is 1.59. The van der Waals surface area contributed by atoms with Crippen molar-refractivity contribution in [3.63, 3.8) is 0 Å². The fraction of sp³-hybridized carbons (Fsp3) is 0.389. The van der Waals surface area contributed by atoms with Crippen LogP contribution in [0, 0.1) is 0 Å². The summed E-state index contributed by atoms with van der Waals surface area (Å²) in [5, 5.41) is 3.06. The molecule has 0 radical (unpaired) electrons. The lowest BCUT2D eigenvalue weighted by Crippen LogP contribution is -2.42. The summed E-state index contributed by atoms with van der Waals surface area (Å²) < 4.78 is 11.2. The van der Waals surface area contributed by atoms with Gasteiger partial charge in [-0.1, -0.05) is 0 Å². The number of halogens is 1. The molecule has 1 amide bonds. The summed E-state index contributed by atoms with van der Waals surface area (Å²) in [6, 6.07) is 7.47. The summed E-state index contributed by atoms with van der Waals surface area (Å²) in [6.45, 7) is 2.56. The van der Waals surface area contributed by atoms with Gasteiger partial charge in [0.2, 0.25) is 0 Å². The third-order valence-corrected chi connectivity index (χ3v) is 5.92. The van der Waals surface area contributed by atoms with Crippen LogP contribution in [0.2, 0.25) is 0 Å². The Morgan fingerprint density at radius 1 is 1.40 bits per heavy atom. The van der Waals surface area contributed by atoms with E-state index in [1.165, 1.54) is 0 Å². The zero-order chi connectivity index (χ0) is 17.6. The normalized spacial score (nSPS) is 16.4. The molecule has 3 rings (SSSR count). The number of nitrogens with zero attached hydrogens (tertiary/aromatic N) is 1. The van der Waals surface area contributed by atoms with Crippen molar-refractivity contribution in [3.8, 4) is 5.75 Å². The molecule has 2 aromatic rings. The van der Waals surface area contributed by atoms with Crippen LogP contribution in [-0.2, 0) is 0 Å². The molecule has 1 aromatic carbocycles. The van der Waals surface area contributed by atoms with Crippen molar-refractivity contribution in [1.82, 2.24) is 10.2 Å². The zero-order valence-corrected chi connectivity index (χ0v) is 16.4. The largest absolute Gasteiger partial charge is 0.497 e. The van der Waals surface area contributed by atoms with Gasteiger partial charge in [-0.2, -0.15) is 11.8 Å². The fourth-order valence-electron chi connectivity index (χ4n) is 2.90. The molecule has 2 heterocycles. The van der Waals surface area contributed by atoms with Gasteiger partial charge in [-0.05, 0) is 40.2 Å². The molecule has 1 aliphatic heterocycles. The molecule has 1 aliphatic rings. The van der Waals surface area contributed by atoms with Crippen molar-refractivity contribution in [3.05, 3.63) is 52.4 Å². The number of nitrogens with one attached hydrogen (secondary N) is 1. The van der Waals surface area contributed by atoms with Crippen molar-refractivity contribution in [1.29, 1.82) is 0 Å². The van der Waals surface area contributed by atoms with E-state index in [0.717, 1.165) is 34.6 Å². The summed E-state index contributed by atoms with van der Waals surface area (Å²) in [6.07, 6.45) is 3.45. The second kappa shape index (κ2) is 8.78. The van der Waals surface area contributed by atoms with E-state index in [2.05, 4.69) is 26.1 Å². The first-order chi connectivity index (χ1) is 12.2. The molecule has 0 spiro atoms. The van der Waals surface area contributed by atoms with Crippen molar-refractivity contribution in [2.45, 2.75) is 6.04 Å². The Bertz CT molecular complexity index is 702. The average Bonchev–Trinajstić information content (AvgIpc) is 3.17. The van der Waals surface area contributed by atoms with Crippen LogP contribution in [0.4, 0.5) is 0 Å². The van der Waals surface area contributed by atoms with E-state index < -0.39 is 0 Å². The quantitative estimate of drug-likeness (QED) is 0.767. The Labute approximate surface area is 160 Å². The van der Waals surface area contributed by atoms with Crippen LogP contribution in [0.15, 0.2) is 45.7 Å². The zero-order valence-electron chi connectivity index (χ0n) is 14.0. The van der Waals surface area contributed by atoms with E-state index in [0.29, 0.717) is 17.9 Å². The fourth-order valence-corrected chi connectivity index (χ4v) is 4.26. The molecule has 1 N–H and O–H groups in total. The number of hydrogen-bond donors (Lipinski definition) is 1. The molecular formula is C18H21BrN2O3S. The molecular weight excluding hydrogens is 404 g/mol. The first kappa shape index (κ1) is 18.4. The number of ether oxygens (including phenoxy) is 1. The van der Waals surface area contributed by atoms with E-state index in [-0.39, 0.29) is 11.9 Å². The van der Waals surface area contributed by atoms with Gasteiger partial charge >= 0.3 is 0 Å². The smallest absolute Gasteiger partial charge is 0.252 e. The number of thioether (sulfide) groups is 1. The molecule has 25 heavy (non-hydrogen) atoms. The lowest BCUT2D eigenvalue weighted by Gasteiger charge is -2.34. The van der Waals surface area contributed by atoms with Gasteiger partial charge in [0.15, 0.2) is 0 Å². The molecule has 0 saturated carbocycles. The Kier molecular flexibility index (Phi) is 6.45. The van der Waals surface area contributed by atoms with Gasteiger partial charge in [0.05, 0.1) is 31.2 Å². The molecule has 1 atom stereocenters. The number of methoxy groups -OCH3 is 1. The maximum Gasteiger partial charge on any atom is 0.252 e. The molecule has 0 bridgehead atoms. The van der Waals surface area contributed by atoms with Crippen LogP contribution in [0.25, 0.3) is 0 Å². The molecule has 1 fully saturated rings. The molecule has 0 unspecified atom stereocenters. The van der Waals surface area contributed by atoms with Gasteiger partial charge in [-0.3, -0.25) is 9.69 Å². The van der Waals surface area contributed by atoms with Crippen LogP contribution in [0.5, 0.6) is 5.75 Å². The first-order valence-corrected chi connectivity index (χ1v) is 10.1. The van der Waals surface area contributed by atoms with Gasteiger partial charge in [-0.25, -0.2) is 0 Å². The second-order valence-electron chi connectivity index (χ2n) is 5.78. The number of amides is 1. The average molecular weight is 425 g/mol. The maximum absolute atomic E-state index is 12.6. The number of furan rings is 1. The Morgan fingerprint density at radius 2 is 2.20 bits per heavy atom. The topological polar surface area (TPSA) is 54.7 Å². The molecule has 0 aliphatic carbocycles. The van der Waals surface area contributed by atoms with E-state index in [9.17, 15) is 4.79 Å². The lowest BCUT2D eigenvalue weighted by atomic mass is 10.1. The highest BCUT2D eigenvalue weighted by atomic mass is 79.9. The highest BCUT2D eigenvalue weighted by molar-refractivity contribution is 9.10. The van der Waals surface area contributed by atoms with Crippen molar-refractivity contribution < 1.29 is 13.9 Å². The van der Waals surface area contributed by atoms with Gasteiger partial charge < -0.3 is 14.5 Å². The Balaban J connectivity index is 1.71. The van der Waals surface area contributed by atoms with Crippen LogP contribution < -0.4 is 10.1 Å². The predicted octanol–water partition coefficient (Wildman–Crippen LogP) is 3.57. The first-order valence-electron chi connectivity index (χ1n) is 8.14. The Hall–Kier alpha value is -1.44. The third-order valence-electron chi connectivity index (χ3n) is 4.29. The van der Waals surface area contributed by atoms with Crippen molar-refractivity contribution in [2.24, 2.45) is 0 Å². The van der Waals surface area contributed by atoms with Gasteiger partial charge in [0, 0.05) is 41.2 Å². The standard InChI is InChI=1S/C18H21BrN2O3S/c1-23-14-2-3-16(19)15(10-14)18(22)20-11-17(13-4-7-24-12-13)21-5-8-25-9-6-21/h2-4,7,10,12,17H,5-6,8-9,11H2,1H3,(H,20,22)/t17-/m1/s1. The predicted molar refractivity (Wildman–Crippen MR) is 103 cm³/mol. The lowest BCUT2D eigenvalue weighted by molar-refractivity contribution is 0.0933. The summed E-state index contributed by atoms with van der Waals surface area (Å²) >= 11 is 5.41. The number of hydrogen-bond acceptors (Lipinski definition) is 5. The number of carbonyl (C=O) groups excluding carboxylic acids is 1. The van der Waals surface area contributed by atoms with Crippen LogP contribution in [0.3, 0.4) is 0 Å². The Morgan fingerprint density at radius 3 is 2.88 bits per heavy atom. The van der Waals surface area contributed by atoms with E-state index in [1.807, 2.05) is 30.0 Å². The third kappa shape index (κ3) is 4.59. The SMILES string of the molecule is COc1ccc(Br)c(C(=O)NC[C@H](c2ccoc2)N2CCSCC2)c1. The van der Waals surface area contributed by atoms with Crippen LogP contribution in [-0.4, -0.2) is 49.1 Å². The van der Waals surface area contributed by atoms with Crippen molar-refractivity contribution >= 4 is 33.6 Å². The number of carbonyl (C=O) groups is 1. The molecule has 1 aromatic heterocycles. The molecule has 7 heteroatoms. The highest BCUT2D eigenvalue weighted by Crippen LogP contribution is 2.25. The van der Waals surface area contributed by atoms with Crippen LogP contribution >= 0.6 is 27.7 Å². The minimum atomic E-state index is -0.120. The second-order valence-corrected chi connectivity index (χ2v) is 7.86. The number of benzene rings is 1. The number of rotatable bonds is 6. The van der Waals surface area contributed by atoms with E-state index in [1.54, 1.807) is 25.7 Å². The highest BCUT2D eigenvalue weighted by Gasteiger charge is 2.24. The maximum atomic E-state index is 12.6. The van der Waals surface area contributed by atoms with Gasteiger partial charge in [0.25, 0.3) is 5.91 Å². The monoisotopic (exact) mass is 424 g/mol.